The van der Waals surface area contributed by atoms with Crippen molar-refractivity contribution in [1.29, 1.82) is 0 Å². The molecule has 5 nitrogen and oxygen atoms in total. The number of carbonyl (C=O) groups is 1. The van der Waals surface area contributed by atoms with Crippen LogP contribution in [0.3, 0.4) is 0 Å². The summed E-state index contributed by atoms with van der Waals surface area (Å²) in [7, 11) is 0. The Labute approximate surface area is 126 Å². The second-order valence-corrected chi connectivity index (χ2v) is 6.91. The first-order valence-electron chi connectivity index (χ1n) is 8.51. The van der Waals surface area contributed by atoms with E-state index in [1.54, 1.807) is 0 Å². The molecule has 3 N–H and O–H groups in total. The van der Waals surface area contributed by atoms with Crippen molar-refractivity contribution in [2.45, 2.75) is 70.1 Å². The molecule has 3 fully saturated rings. The van der Waals surface area contributed by atoms with Gasteiger partial charge in [-0.05, 0) is 32.1 Å². The van der Waals surface area contributed by atoms with Crippen LogP contribution in [0.4, 0.5) is 4.79 Å². The molecule has 2 amide bonds. The van der Waals surface area contributed by atoms with Gasteiger partial charge in [-0.1, -0.05) is 19.8 Å². The lowest BCUT2D eigenvalue weighted by molar-refractivity contribution is -0.126. The Morgan fingerprint density at radius 3 is 2.90 bits per heavy atom. The van der Waals surface area contributed by atoms with E-state index in [0.717, 1.165) is 19.4 Å². The minimum absolute atomic E-state index is 0.0834. The van der Waals surface area contributed by atoms with E-state index in [-0.39, 0.29) is 23.6 Å². The monoisotopic (exact) mass is 296 g/mol. The number of carbonyl (C=O) groups excluding carboxylic acids is 1. The zero-order valence-electron chi connectivity index (χ0n) is 12.9. The fourth-order valence-electron chi connectivity index (χ4n) is 4.65. The van der Waals surface area contributed by atoms with Gasteiger partial charge in [-0.15, -0.1) is 0 Å². The molecular weight excluding hydrogens is 268 g/mol. The molecule has 0 aromatic heterocycles. The van der Waals surface area contributed by atoms with Crippen LogP contribution in [0.2, 0.25) is 0 Å². The number of fused-ring (bicyclic) bond motifs is 2. The molecular formula is C16H28N2O3. The maximum Gasteiger partial charge on any atom is 0.315 e. The summed E-state index contributed by atoms with van der Waals surface area (Å²) in [6.07, 6.45) is 7.39. The van der Waals surface area contributed by atoms with Gasteiger partial charge in [0.15, 0.2) is 0 Å². The van der Waals surface area contributed by atoms with E-state index in [0.29, 0.717) is 25.0 Å². The molecule has 21 heavy (non-hydrogen) atoms. The highest BCUT2D eigenvalue weighted by Crippen LogP contribution is 2.60. The second-order valence-electron chi connectivity index (χ2n) is 6.91. The molecule has 2 saturated carbocycles. The van der Waals surface area contributed by atoms with Crippen LogP contribution in [-0.4, -0.2) is 42.5 Å². The van der Waals surface area contributed by atoms with Crippen LogP contribution in [0.15, 0.2) is 0 Å². The maximum atomic E-state index is 12.1. The van der Waals surface area contributed by atoms with Gasteiger partial charge in [-0.2, -0.15) is 0 Å². The highest BCUT2D eigenvalue weighted by molar-refractivity contribution is 5.74. The summed E-state index contributed by atoms with van der Waals surface area (Å²) in [5, 5.41) is 15.6. The van der Waals surface area contributed by atoms with Gasteiger partial charge in [0.2, 0.25) is 0 Å². The molecule has 1 aliphatic heterocycles. The highest BCUT2D eigenvalue weighted by Gasteiger charge is 2.65. The lowest BCUT2D eigenvalue weighted by Gasteiger charge is -2.56. The smallest absolute Gasteiger partial charge is 0.315 e. The van der Waals surface area contributed by atoms with Crippen molar-refractivity contribution in [3.05, 3.63) is 0 Å². The van der Waals surface area contributed by atoms with Crippen LogP contribution in [0.25, 0.3) is 0 Å². The van der Waals surface area contributed by atoms with Gasteiger partial charge in [0.25, 0.3) is 0 Å². The third kappa shape index (κ3) is 2.66. The van der Waals surface area contributed by atoms with Gasteiger partial charge in [-0.3, -0.25) is 0 Å². The van der Waals surface area contributed by atoms with Gasteiger partial charge in [0.05, 0.1) is 12.2 Å². The molecule has 1 spiro atoms. The molecule has 3 rings (SSSR count). The fourth-order valence-corrected chi connectivity index (χ4v) is 4.65. The fraction of sp³-hybridized carbons (Fsp3) is 0.938. The van der Waals surface area contributed by atoms with Crippen LogP contribution >= 0.6 is 0 Å². The van der Waals surface area contributed by atoms with Gasteiger partial charge < -0.3 is 20.5 Å². The Hall–Kier alpha value is -0.810. The van der Waals surface area contributed by atoms with E-state index in [2.05, 4.69) is 10.6 Å². The Kier molecular flexibility index (Phi) is 4.41. The lowest BCUT2D eigenvalue weighted by Crippen LogP contribution is -2.69. The molecule has 0 aromatic rings. The normalized spacial score (nSPS) is 34.3. The number of rotatable bonds is 5. The Bertz CT molecular complexity index is 382. The number of ether oxygens (including phenoxy) is 1. The average molecular weight is 296 g/mol. The van der Waals surface area contributed by atoms with E-state index in [1.165, 1.54) is 25.7 Å². The van der Waals surface area contributed by atoms with E-state index >= 15 is 0 Å². The molecule has 5 heteroatoms. The summed E-state index contributed by atoms with van der Waals surface area (Å²) in [6, 6.07) is 0.198. The molecule has 2 aliphatic carbocycles. The topological polar surface area (TPSA) is 70.6 Å². The molecule has 120 valence electrons. The van der Waals surface area contributed by atoms with E-state index in [9.17, 15) is 9.90 Å². The first-order chi connectivity index (χ1) is 10.2. The summed E-state index contributed by atoms with van der Waals surface area (Å²) in [6.45, 7) is 3.33. The van der Waals surface area contributed by atoms with Gasteiger partial charge in [0.1, 0.15) is 0 Å². The van der Waals surface area contributed by atoms with Crippen LogP contribution in [-0.2, 0) is 4.74 Å². The summed E-state index contributed by atoms with van der Waals surface area (Å²) >= 11 is 0. The molecule has 0 aromatic carbocycles. The standard InChI is InChI=1S/C16H28N2O3/c1-2-11(19)5-9-17-15(20)18-13-12-6-10-21-14(12)16(13)7-3-4-8-16/h11-14,19H,2-10H2,1H3,(H2,17,18,20). The van der Waals surface area contributed by atoms with Crippen molar-refractivity contribution in [3.8, 4) is 0 Å². The van der Waals surface area contributed by atoms with Gasteiger partial charge >= 0.3 is 6.03 Å². The predicted molar refractivity (Wildman–Crippen MR) is 80.0 cm³/mol. The molecule has 0 radical (unpaired) electrons. The zero-order chi connectivity index (χ0) is 14.9. The van der Waals surface area contributed by atoms with E-state index < -0.39 is 0 Å². The Balaban J connectivity index is 1.50. The van der Waals surface area contributed by atoms with Crippen LogP contribution in [0.5, 0.6) is 0 Å². The SMILES string of the molecule is CCC(O)CCNC(=O)NC1C2CCOC2C12CCCC2. The van der Waals surface area contributed by atoms with Crippen molar-refractivity contribution < 1.29 is 14.6 Å². The summed E-state index contributed by atoms with van der Waals surface area (Å²) in [5.74, 6) is 0.509. The third-order valence-corrected chi connectivity index (χ3v) is 5.81. The molecule has 1 saturated heterocycles. The van der Waals surface area contributed by atoms with E-state index in [1.807, 2.05) is 6.92 Å². The Morgan fingerprint density at radius 2 is 2.19 bits per heavy atom. The van der Waals surface area contributed by atoms with Crippen molar-refractivity contribution in [2.24, 2.45) is 11.3 Å². The molecule has 3 aliphatic rings. The summed E-state index contributed by atoms with van der Waals surface area (Å²) in [5.41, 5.74) is 0.210. The Morgan fingerprint density at radius 1 is 1.43 bits per heavy atom. The summed E-state index contributed by atoms with van der Waals surface area (Å²) < 4.78 is 5.92. The number of hydrogen-bond acceptors (Lipinski definition) is 3. The number of urea groups is 1. The third-order valence-electron chi connectivity index (χ3n) is 5.81. The van der Waals surface area contributed by atoms with Crippen LogP contribution in [0.1, 0.15) is 51.9 Å². The number of amides is 2. The highest BCUT2D eigenvalue weighted by atomic mass is 16.5. The molecule has 0 bridgehead atoms. The quantitative estimate of drug-likeness (QED) is 0.724. The second kappa shape index (κ2) is 6.13. The molecule has 4 atom stereocenters. The van der Waals surface area contributed by atoms with Crippen LogP contribution < -0.4 is 10.6 Å². The van der Waals surface area contributed by atoms with Gasteiger partial charge in [-0.25, -0.2) is 4.79 Å². The number of aliphatic hydroxyl groups is 1. The van der Waals surface area contributed by atoms with E-state index in [4.69, 9.17) is 4.74 Å². The van der Waals surface area contributed by atoms with Crippen molar-refractivity contribution in [2.75, 3.05) is 13.2 Å². The number of aliphatic hydroxyl groups excluding tert-OH is 1. The first-order valence-corrected chi connectivity index (χ1v) is 8.51. The molecule has 1 heterocycles. The van der Waals surface area contributed by atoms with Gasteiger partial charge in [0, 0.05) is 30.5 Å². The van der Waals surface area contributed by atoms with Crippen molar-refractivity contribution in [1.82, 2.24) is 10.6 Å². The average Bonchev–Trinajstić information content (AvgIpc) is 3.12. The van der Waals surface area contributed by atoms with Crippen LogP contribution in [0, 0.1) is 11.3 Å². The van der Waals surface area contributed by atoms with Crippen molar-refractivity contribution in [3.63, 3.8) is 0 Å². The zero-order valence-corrected chi connectivity index (χ0v) is 12.9. The predicted octanol–water partition coefficient (Wildman–Crippen LogP) is 1.79. The maximum absolute atomic E-state index is 12.1. The first kappa shape index (κ1) is 15.1. The lowest BCUT2D eigenvalue weighted by atomic mass is 9.54. The largest absolute Gasteiger partial charge is 0.393 e. The molecule has 4 unspecified atom stereocenters. The number of nitrogens with one attached hydrogen (secondary N) is 2. The summed E-state index contributed by atoms with van der Waals surface area (Å²) in [4.78, 5) is 12.1. The minimum Gasteiger partial charge on any atom is -0.393 e. The minimum atomic E-state index is -0.317. The van der Waals surface area contributed by atoms with Crippen molar-refractivity contribution >= 4 is 6.03 Å². The number of hydrogen-bond donors (Lipinski definition) is 3.